The van der Waals surface area contributed by atoms with Crippen LogP contribution >= 0.6 is 11.6 Å². The van der Waals surface area contributed by atoms with Crippen LogP contribution in [0, 0.1) is 18.6 Å². The standard InChI is InChI=1S/C13H11ClF2N2O/c1-3-18-13(7(2)11(6-19)17-18)8-4-9(15)12(14)10(16)5-8/h4-6H,3H2,1-2H3. The Bertz CT molecular complexity index is 629. The van der Waals surface area contributed by atoms with Gasteiger partial charge in [-0.3, -0.25) is 9.48 Å². The molecule has 3 nitrogen and oxygen atoms in total. The molecule has 0 aliphatic carbocycles. The summed E-state index contributed by atoms with van der Waals surface area (Å²) in [5, 5.41) is 3.53. The Morgan fingerprint density at radius 2 is 1.95 bits per heavy atom. The van der Waals surface area contributed by atoms with Crippen molar-refractivity contribution in [2.45, 2.75) is 20.4 Å². The number of aromatic nitrogens is 2. The molecular weight excluding hydrogens is 274 g/mol. The molecule has 0 aliphatic rings. The summed E-state index contributed by atoms with van der Waals surface area (Å²) in [6, 6.07) is 2.27. The number of hydrogen-bond donors (Lipinski definition) is 0. The molecule has 0 bridgehead atoms. The van der Waals surface area contributed by atoms with E-state index in [1.165, 1.54) is 4.68 Å². The minimum atomic E-state index is -0.840. The first-order chi connectivity index (χ1) is 8.99. The number of carbonyl (C=O) groups is 1. The van der Waals surface area contributed by atoms with E-state index in [-0.39, 0.29) is 5.69 Å². The number of carbonyl (C=O) groups excluding carboxylic acids is 1. The highest BCUT2D eigenvalue weighted by molar-refractivity contribution is 6.31. The van der Waals surface area contributed by atoms with Crippen molar-refractivity contribution < 1.29 is 13.6 Å². The van der Waals surface area contributed by atoms with Gasteiger partial charge in [-0.1, -0.05) is 11.6 Å². The van der Waals surface area contributed by atoms with Crippen LogP contribution in [-0.4, -0.2) is 16.1 Å². The van der Waals surface area contributed by atoms with Gasteiger partial charge in [-0.25, -0.2) is 8.78 Å². The van der Waals surface area contributed by atoms with Crippen LogP contribution in [0.2, 0.25) is 5.02 Å². The van der Waals surface area contributed by atoms with E-state index in [1.807, 2.05) is 6.92 Å². The van der Waals surface area contributed by atoms with Crippen LogP contribution < -0.4 is 0 Å². The lowest BCUT2D eigenvalue weighted by Gasteiger charge is -2.08. The summed E-state index contributed by atoms with van der Waals surface area (Å²) in [5.41, 5.74) is 1.66. The van der Waals surface area contributed by atoms with Gasteiger partial charge in [0.2, 0.25) is 0 Å². The van der Waals surface area contributed by atoms with Crippen LogP contribution in [0.1, 0.15) is 23.0 Å². The Labute approximate surface area is 113 Å². The van der Waals surface area contributed by atoms with Crippen molar-refractivity contribution in [1.82, 2.24) is 9.78 Å². The van der Waals surface area contributed by atoms with E-state index in [9.17, 15) is 13.6 Å². The van der Waals surface area contributed by atoms with Crippen molar-refractivity contribution >= 4 is 17.9 Å². The van der Waals surface area contributed by atoms with Crippen molar-refractivity contribution in [3.8, 4) is 11.3 Å². The van der Waals surface area contributed by atoms with Gasteiger partial charge in [-0.05, 0) is 26.0 Å². The number of rotatable bonds is 3. The molecule has 0 unspecified atom stereocenters. The lowest BCUT2D eigenvalue weighted by molar-refractivity contribution is 0.111. The molecular formula is C13H11ClF2N2O. The number of hydrogen-bond acceptors (Lipinski definition) is 2. The molecule has 1 aromatic carbocycles. The maximum atomic E-state index is 13.5. The van der Waals surface area contributed by atoms with Crippen LogP contribution in [0.5, 0.6) is 0 Å². The smallest absolute Gasteiger partial charge is 0.170 e. The molecule has 2 rings (SSSR count). The predicted octanol–water partition coefficient (Wildman–Crippen LogP) is 3.62. The predicted molar refractivity (Wildman–Crippen MR) is 68.4 cm³/mol. The van der Waals surface area contributed by atoms with E-state index < -0.39 is 16.7 Å². The Morgan fingerprint density at radius 3 is 2.42 bits per heavy atom. The summed E-state index contributed by atoms with van der Waals surface area (Å²) >= 11 is 5.45. The zero-order chi connectivity index (χ0) is 14.2. The molecule has 1 heterocycles. The van der Waals surface area contributed by atoms with Gasteiger partial charge in [-0.15, -0.1) is 0 Å². The summed E-state index contributed by atoms with van der Waals surface area (Å²) in [5.74, 6) is -1.68. The molecule has 6 heteroatoms. The third-order valence-corrected chi connectivity index (χ3v) is 3.26. The lowest BCUT2D eigenvalue weighted by Crippen LogP contribution is -2.00. The van der Waals surface area contributed by atoms with Crippen LogP contribution in [0.25, 0.3) is 11.3 Å². The van der Waals surface area contributed by atoms with E-state index >= 15 is 0 Å². The van der Waals surface area contributed by atoms with Gasteiger partial charge in [0.25, 0.3) is 0 Å². The van der Waals surface area contributed by atoms with Gasteiger partial charge < -0.3 is 0 Å². The Kier molecular flexibility index (Phi) is 3.66. The number of benzene rings is 1. The molecule has 0 radical (unpaired) electrons. The molecule has 2 aromatic rings. The van der Waals surface area contributed by atoms with Crippen LogP contribution in [0.4, 0.5) is 8.78 Å². The molecule has 100 valence electrons. The lowest BCUT2D eigenvalue weighted by atomic mass is 10.1. The molecule has 1 aromatic heterocycles. The summed E-state index contributed by atoms with van der Waals surface area (Å²) in [6.07, 6.45) is 0.619. The second kappa shape index (κ2) is 5.09. The maximum absolute atomic E-state index is 13.5. The van der Waals surface area contributed by atoms with Gasteiger partial charge in [0, 0.05) is 17.7 Å². The van der Waals surface area contributed by atoms with E-state index in [0.717, 1.165) is 12.1 Å². The minimum Gasteiger partial charge on any atom is -0.296 e. The number of nitrogens with zero attached hydrogens (tertiary/aromatic N) is 2. The van der Waals surface area contributed by atoms with Crippen LogP contribution in [0.15, 0.2) is 12.1 Å². The minimum absolute atomic E-state index is 0.257. The fourth-order valence-electron chi connectivity index (χ4n) is 1.97. The van der Waals surface area contributed by atoms with E-state index in [0.29, 0.717) is 29.7 Å². The first kappa shape index (κ1) is 13.7. The normalized spacial score (nSPS) is 10.8. The van der Waals surface area contributed by atoms with Gasteiger partial charge in [0.15, 0.2) is 6.29 Å². The van der Waals surface area contributed by atoms with E-state index in [2.05, 4.69) is 5.10 Å². The van der Waals surface area contributed by atoms with Crippen LogP contribution in [0.3, 0.4) is 0 Å². The summed E-state index contributed by atoms with van der Waals surface area (Å²) in [6.45, 7) is 3.99. The van der Waals surface area contributed by atoms with Crippen molar-refractivity contribution in [2.75, 3.05) is 0 Å². The third-order valence-electron chi connectivity index (χ3n) is 2.89. The molecule has 0 fully saturated rings. The highest BCUT2D eigenvalue weighted by atomic mass is 35.5. The molecule has 0 aliphatic heterocycles. The SMILES string of the molecule is CCn1nc(C=O)c(C)c1-c1cc(F)c(Cl)c(F)c1. The monoisotopic (exact) mass is 284 g/mol. The highest BCUT2D eigenvalue weighted by Crippen LogP contribution is 2.30. The van der Waals surface area contributed by atoms with Crippen molar-refractivity contribution in [1.29, 1.82) is 0 Å². The summed E-state index contributed by atoms with van der Waals surface area (Å²) < 4.78 is 28.6. The number of aldehydes is 1. The number of halogens is 3. The molecule has 0 saturated heterocycles. The Balaban J connectivity index is 2.71. The molecule has 0 amide bonds. The van der Waals surface area contributed by atoms with Crippen LogP contribution in [-0.2, 0) is 6.54 Å². The first-order valence-corrected chi connectivity index (χ1v) is 6.04. The van der Waals surface area contributed by atoms with Gasteiger partial charge in [0.05, 0.1) is 5.69 Å². The maximum Gasteiger partial charge on any atom is 0.170 e. The zero-order valence-electron chi connectivity index (χ0n) is 10.4. The average molecular weight is 285 g/mol. The highest BCUT2D eigenvalue weighted by Gasteiger charge is 2.18. The second-order valence-corrected chi connectivity index (χ2v) is 4.42. The topological polar surface area (TPSA) is 34.9 Å². The molecule has 19 heavy (non-hydrogen) atoms. The largest absolute Gasteiger partial charge is 0.296 e. The molecule has 0 saturated carbocycles. The first-order valence-electron chi connectivity index (χ1n) is 5.67. The summed E-state index contributed by atoms with van der Waals surface area (Å²) in [4.78, 5) is 10.9. The van der Waals surface area contributed by atoms with Gasteiger partial charge >= 0.3 is 0 Å². The molecule has 0 spiro atoms. The second-order valence-electron chi connectivity index (χ2n) is 4.05. The van der Waals surface area contributed by atoms with Crippen molar-refractivity contribution in [3.63, 3.8) is 0 Å². The van der Waals surface area contributed by atoms with Crippen molar-refractivity contribution in [3.05, 3.63) is 40.0 Å². The quantitative estimate of drug-likeness (QED) is 0.637. The van der Waals surface area contributed by atoms with E-state index in [1.54, 1.807) is 6.92 Å². The number of aryl methyl sites for hydroxylation is 1. The average Bonchev–Trinajstić information content (AvgIpc) is 2.71. The summed E-state index contributed by atoms with van der Waals surface area (Å²) in [7, 11) is 0. The molecule has 0 atom stereocenters. The van der Waals surface area contributed by atoms with E-state index in [4.69, 9.17) is 11.6 Å². The Morgan fingerprint density at radius 1 is 1.37 bits per heavy atom. The molecule has 0 N–H and O–H groups in total. The van der Waals surface area contributed by atoms with Gasteiger partial charge in [0.1, 0.15) is 22.4 Å². The fraction of sp³-hybridized carbons (Fsp3) is 0.231. The fourth-order valence-corrected chi connectivity index (χ4v) is 2.08. The third kappa shape index (κ3) is 2.26. The van der Waals surface area contributed by atoms with Crippen molar-refractivity contribution in [2.24, 2.45) is 0 Å². The van der Waals surface area contributed by atoms with Gasteiger partial charge in [-0.2, -0.15) is 5.10 Å². The zero-order valence-corrected chi connectivity index (χ0v) is 11.1. The Hall–Kier alpha value is -1.75.